The number of likely N-dealkylation sites (tertiary alicyclic amines) is 1. The summed E-state index contributed by atoms with van der Waals surface area (Å²) < 4.78 is 5.61. The Bertz CT molecular complexity index is 922. The van der Waals surface area contributed by atoms with Gasteiger partial charge in [-0.15, -0.1) is 0 Å². The van der Waals surface area contributed by atoms with E-state index in [2.05, 4.69) is 0 Å². The standard InChI is InChI=1S/C27H39N3O4/c28-21-9-6-10-22-25(21)34-17-24(32)30(22)19-27(33)15-16-29(18-26(27)13-4-5-14-26)23(31)12-11-20-7-2-1-3-8-20/h6,9-10,20,33H,1-5,7-8,11-19,28H2. The van der Waals surface area contributed by atoms with Gasteiger partial charge < -0.3 is 25.4 Å². The van der Waals surface area contributed by atoms with E-state index in [0.717, 1.165) is 32.1 Å². The normalized spacial score (nSPS) is 27.0. The number of hydrogen-bond donors (Lipinski definition) is 2. The van der Waals surface area contributed by atoms with Crippen LogP contribution in [0.25, 0.3) is 0 Å². The molecule has 1 spiro atoms. The summed E-state index contributed by atoms with van der Waals surface area (Å²) in [4.78, 5) is 29.7. The van der Waals surface area contributed by atoms with E-state index in [0.29, 0.717) is 49.0 Å². The number of nitrogens with zero attached hydrogens (tertiary/aromatic N) is 2. The molecular weight excluding hydrogens is 430 g/mol. The SMILES string of the molecule is Nc1cccc2c1OCC(=O)N2CC1(O)CCN(C(=O)CCC2CCCCC2)CC12CCCC2. The number of fused-ring (bicyclic) bond motifs is 1. The van der Waals surface area contributed by atoms with Crippen LogP contribution in [0.15, 0.2) is 18.2 Å². The smallest absolute Gasteiger partial charge is 0.265 e. The topological polar surface area (TPSA) is 96.1 Å². The summed E-state index contributed by atoms with van der Waals surface area (Å²) in [5.74, 6) is 1.28. The summed E-state index contributed by atoms with van der Waals surface area (Å²) in [6, 6.07) is 5.40. The van der Waals surface area contributed by atoms with Crippen LogP contribution in [0, 0.1) is 11.3 Å². The fraction of sp³-hybridized carbons (Fsp3) is 0.704. The molecule has 2 heterocycles. The van der Waals surface area contributed by atoms with Crippen molar-refractivity contribution >= 4 is 23.2 Å². The zero-order valence-electron chi connectivity index (χ0n) is 20.3. The Morgan fingerprint density at radius 1 is 1.12 bits per heavy atom. The van der Waals surface area contributed by atoms with Gasteiger partial charge in [0.2, 0.25) is 5.91 Å². The summed E-state index contributed by atoms with van der Waals surface area (Å²) in [6.07, 6.45) is 12.4. The molecule has 1 unspecified atom stereocenters. The number of para-hydroxylation sites is 1. The summed E-state index contributed by atoms with van der Waals surface area (Å²) in [5.41, 5.74) is 5.81. The Morgan fingerprint density at radius 3 is 2.65 bits per heavy atom. The van der Waals surface area contributed by atoms with Crippen molar-refractivity contribution in [2.24, 2.45) is 11.3 Å². The molecule has 0 aromatic heterocycles. The van der Waals surface area contributed by atoms with Gasteiger partial charge in [0.1, 0.15) is 0 Å². The van der Waals surface area contributed by atoms with Gasteiger partial charge in [-0.25, -0.2) is 0 Å². The molecule has 1 aromatic carbocycles. The highest BCUT2D eigenvalue weighted by atomic mass is 16.5. The minimum atomic E-state index is -1.04. The average molecular weight is 470 g/mol. The third kappa shape index (κ3) is 4.28. The van der Waals surface area contributed by atoms with E-state index in [4.69, 9.17) is 10.5 Å². The average Bonchev–Trinajstić information content (AvgIpc) is 3.32. The number of ether oxygens (including phenoxy) is 1. The van der Waals surface area contributed by atoms with Crippen LogP contribution in [-0.4, -0.2) is 53.7 Å². The van der Waals surface area contributed by atoms with Gasteiger partial charge in [0.05, 0.1) is 23.5 Å². The first-order chi connectivity index (χ1) is 16.4. The first kappa shape index (κ1) is 23.5. The Hall–Kier alpha value is -2.28. The van der Waals surface area contributed by atoms with Gasteiger partial charge in [0.25, 0.3) is 5.91 Å². The third-order valence-electron chi connectivity index (χ3n) is 9.06. The van der Waals surface area contributed by atoms with Crippen LogP contribution in [0.1, 0.15) is 77.0 Å². The molecule has 4 aliphatic rings. The van der Waals surface area contributed by atoms with Crippen LogP contribution >= 0.6 is 0 Å². The van der Waals surface area contributed by atoms with E-state index in [1.165, 1.54) is 32.1 Å². The van der Waals surface area contributed by atoms with E-state index < -0.39 is 5.60 Å². The molecule has 1 saturated heterocycles. The predicted molar refractivity (Wildman–Crippen MR) is 132 cm³/mol. The van der Waals surface area contributed by atoms with Crippen molar-refractivity contribution in [1.82, 2.24) is 4.90 Å². The molecule has 7 heteroatoms. The molecule has 2 aliphatic heterocycles. The molecule has 2 aliphatic carbocycles. The summed E-state index contributed by atoms with van der Waals surface area (Å²) >= 11 is 0. The van der Waals surface area contributed by atoms with Crippen LogP contribution in [0.3, 0.4) is 0 Å². The lowest BCUT2D eigenvalue weighted by Crippen LogP contribution is -2.65. The number of aliphatic hydroxyl groups is 1. The Labute approximate surface area is 202 Å². The Kier molecular flexibility index (Phi) is 6.49. The molecule has 2 amide bonds. The molecule has 34 heavy (non-hydrogen) atoms. The number of carbonyl (C=O) groups is 2. The molecule has 0 bridgehead atoms. The molecule has 7 nitrogen and oxygen atoms in total. The minimum absolute atomic E-state index is 0.0733. The number of benzene rings is 1. The minimum Gasteiger partial charge on any atom is -0.479 e. The van der Waals surface area contributed by atoms with Gasteiger partial charge in [-0.1, -0.05) is 51.0 Å². The van der Waals surface area contributed by atoms with E-state index in [1.54, 1.807) is 11.0 Å². The number of carbonyl (C=O) groups excluding carboxylic acids is 2. The largest absolute Gasteiger partial charge is 0.479 e. The number of β-amino-alcohol motifs (C(OH)–C–C–N with tert-alkyl or cyclic N) is 1. The lowest BCUT2D eigenvalue weighted by atomic mass is 9.65. The second-order valence-corrected chi connectivity index (χ2v) is 11.1. The fourth-order valence-corrected chi connectivity index (χ4v) is 6.97. The van der Waals surface area contributed by atoms with Crippen molar-refractivity contribution < 1.29 is 19.4 Å². The van der Waals surface area contributed by atoms with E-state index in [-0.39, 0.29) is 30.4 Å². The molecule has 2 saturated carbocycles. The van der Waals surface area contributed by atoms with Crippen molar-refractivity contribution in [3.8, 4) is 5.75 Å². The highest BCUT2D eigenvalue weighted by molar-refractivity contribution is 5.99. The van der Waals surface area contributed by atoms with Crippen molar-refractivity contribution in [1.29, 1.82) is 0 Å². The fourth-order valence-electron chi connectivity index (χ4n) is 6.97. The first-order valence-electron chi connectivity index (χ1n) is 13.2. The van der Waals surface area contributed by atoms with Gasteiger partial charge in [-0.2, -0.15) is 0 Å². The maximum Gasteiger partial charge on any atom is 0.265 e. The van der Waals surface area contributed by atoms with Gasteiger partial charge >= 0.3 is 0 Å². The molecule has 1 aromatic rings. The van der Waals surface area contributed by atoms with Crippen LogP contribution in [0.2, 0.25) is 0 Å². The van der Waals surface area contributed by atoms with E-state index >= 15 is 0 Å². The zero-order chi connectivity index (χ0) is 23.8. The molecule has 3 N–H and O–H groups in total. The van der Waals surface area contributed by atoms with Crippen molar-refractivity contribution in [2.45, 2.75) is 82.7 Å². The number of rotatable bonds is 5. The maximum atomic E-state index is 13.2. The second-order valence-electron chi connectivity index (χ2n) is 11.1. The summed E-state index contributed by atoms with van der Waals surface area (Å²) in [5, 5.41) is 12.1. The van der Waals surface area contributed by atoms with Crippen molar-refractivity contribution in [2.75, 3.05) is 36.9 Å². The van der Waals surface area contributed by atoms with E-state index in [9.17, 15) is 14.7 Å². The molecule has 5 rings (SSSR count). The van der Waals surface area contributed by atoms with Crippen molar-refractivity contribution in [3.63, 3.8) is 0 Å². The number of piperidine rings is 1. The molecule has 1 atom stereocenters. The second kappa shape index (κ2) is 9.40. The lowest BCUT2D eigenvalue weighted by Gasteiger charge is -2.54. The van der Waals surface area contributed by atoms with Crippen molar-refractivity contribution in [3.05, 3.63) is 18.2 Å². The van der Waals surface area contributed by atoms with Crippen LogP contribution in [0.5, 0.6) is 5.75 Å². The van der Waals surface area contributed by atoms with Gasteiger partial charge in [-0.3, -0.25) is 9.59 Å². The number of nitrogen functional groups attached to an aromatic ring is 1. The molecule has 3 fully saturated rings. The number of hydrogen-bond acceptors (Lipinski definition) is 5. The third-order valence-corrected chi connectivity index (χ3v) is 9.06. The van der Waals surface area contributed by atoms with Crippen LogP contribution < -0.4 is 15.4 Å². The Morgan fingerprint density at radius 2 is 1.88 bits per heavy atom. The van der Waals surface area contributed by atoms with Gasteiger partial charge in [-0.05, 0) is 43.7 Å². The van der Waals surface area contributed by atoms with E-state index in [1.807, 2.05) is 17.0 Å². The first-order valence-corrected chi connectivity index (χ1v) is 13.2. The van der Waals surface area contributed by atoms with Gasteiger partial charge in [0, 0.05) is 24.9 Å². The molecule has 186 valence electrons. The number of amides is 2. The highest BCUT2D eigenvalue weighted by Gasteiger charge is 2.56. The van der Waals surface area contributed by atoms with Gasteiger partial charge in [0.15, 0.2) is 12.4 Å². The monoisotopic (exact) mass is 469 g/mol. The quantitative estimate of drug-likeness (QED) is 0.638. The number of anilines is 2. The maximum absolute atomic E-state index is 13.2. The Balaban J connectivity index is 1.31. The molecular formula is C27H39N3O4. The highest BCUT2D eigenvalue weighted by Crippen LogP contribution is 2.52. The summed E-state index contributed by atoms with van der Waals surface area (Å²) in [6.45, 7) is 1.28. The molecule has 0 radical (unpaired) electrons. The van der Waals surface area contributed by atoms with Crippen LogP contribution in [0.4, 0.5) is 11.4 Å². The zero-order valence-corrected chi connectivity index (χ0v) is 20.3. The lowest BCUT2D eigenvalue weighted by molar-refractivity contribution is -0.155. The summed E-state index contributed by atoms with van der Waals surface area (Å²) in [7, 11) is 0. The predicted octanol–water partition coefficient (Wildman–Crippen LogP) is 3.88. The number of nitrogens with two attached hydrogens (primary N) is 1. The van der Waals surface area contributed by atoms with Crippen LogP contribution in [-0.2, 0) is 9.59 Å².